The van der Waals surface area contributed by atoms with Crippen molar-refractivity contribution in [1.82, 2.24) is 10.7 Å². The van der Waals surface area contributed by atoms with Gasteiger partial charge in [0, 0.05) is 17.3 Å². The third-order valence-corrected chi connectivity index (χ3v) is 4.26. The maximum absolute atomic E-state index is 12.1. The lowest BCUT2D eigenvalue weighted by Gasteiger charge is -2.12. The predicted octanol–water partition coefficient (Wildman–Crippen LogP) is 2.98. The molecule has 0 saturated carbocycles. The normalized spacial score (nSPS) is 10.7. The Morgan fingerprint density at radius 2 is 1.76 bits per heavy atom. The molecule has 0 spiro atoms. The monoisotopic (exact) mass is 474 g/mol. The third kappa shape index (κ3) is 9.20. The number of ether oxygens (including phenoxy) is 2. The van der Waals surface area contributed by atoms with Crippen LogP contribution in [0.25, 0.3) is 0 Å². The van der Waals surface area contributed by atoms with Gasteiger partial charge in [-0.2, -0.15) is 5.10 Å². The summed E-state index contributed by atoms with van der Waals surface area (Å²) in [6, 6.07) is 11.7. The van der Waals surface area contributed by atoms with Crippen molar-refractivity contribution >= 4 is 41.2 Å². The van der Waals surface area contributed by atoms with Crippen LogP contribution in [0.2, 0.25) is 5.02 Å². The van der Waals surface area contributed by atoms with Gasteiger partial charge < -0.3 is 20.1 Å². The van der Waals surface area contributed by atoms with Crippen molar-refractivity contribution in [2.24, 2.45) is 11.0 Å². The van der Waals surface area contributed by atoms with Gasteiger partial charge in [0.15, 0.2) is 18.1 Å². The van der Waals surface area contributed by atoms with Crippen molar-refractivity contribution in [3.8, 4) is 11.5 Å². The summed E-state index contributed by atoms with van der Waals surface area (Å²) in [5.74, 6) is -0.950. The van der Waals surface area contributed by atoms with E-state index in [9.17, 15) is 14.4 Å². The maximum atomic E-state index is 12.1. The number of nitrogens with one attached hydrogen (secondary N) is 3. The lowest BCUT2D eigenvalue weighted by molar-refractivity contribution is -0.139. The molecule has 3 N–H and O–H groups in total. The van der Waals surface area contributed by atoms with Crippen molar-refractivity contribution in [2.75, 3.05) is 25.1 Å². The number of hydrogen-bond donors (Lipinski definition) is 3. The molecule has 9 nitrogen and oxygen atoms in total. The Kier molecular flexibility index (Phi) is 10.2. The highest BCUT2D eigenvalue weighted by atomic mass is 35.5. The summed E-state index contributed by atoms with van der Waals surface area (Å²) in [4.78, 5) is 35.5. The van der Waals surface area contributed by atoms with Gasteiger partial charge in [0.2, 0.25) is 0 Å². The molecule has 0 heterocycles. The second-order valence-electron chi connectivity index (χ2n) is 7.29. The van der Waals surface area contributed by atoms with E-state index >= 15 is 0 Å². The molecule has 0 unspecified atom stereocenters. The van der Waals surface area contributed by atoms with Gasteiger partial charge in [-0.25, -0.2) is 5.43 Å². The molecule has 0 aliphatic heterocycles. The first-order chi connectivity index (χ1) is 15.8. The van der Waals surface area contributed by atoms with Crippen molar-refractivity contribution in [3.05, 3.63) is 53.1 Å². The molecular weight excluding hydrogens is 448 g/mol. The first-order valence-electron chi connectivity index (χ1n) is 10.3. The SMILES string of the molecule is CCOc1cc(/C=N\NC(=O)C(=O)NCC(C)C)ccc1OCC(=O)Nc1ccc(Cl)cc1. The number of carbonyl (C=O) groups is 3. The number of hydrogen-bond acceptors (Lipinski definition) is 6. The van der Waals surface area contributed by atoms with E-state index in [2.05, 4.69) is 21.2 Å². The molecule has 2 aromatic carbocycles. The average molecular weight is 475 g/mol. The molecule has 0 fully saturated rings. The van der Waals surface area contributed by atoms with Crippen LogP contribution in [0.15, 0.2) is 47.6 Å². The molecule has 2 rings (SSSR count). The molecule has 2 aromatic rings. The summed E-state index contributed by atoms with van der Waals surface area (Å²) in [7, 11) is 0. The minimum atomic E-state index is -0.858. The number of carbonyl (C=O) groups excluding carboxylic acids is 3. The molecule has 0 saturated heterocycles. The van der Waals surface area contributed by atoms with Gasteiger partial charge in [0.1, 0.15) is 0 Å². The first kappa shape index (κ1) is 25.7. The van der Waals surface area contributed by atoms with Crippen LogP contribution in [0, 0.1) is 5.92 Å². The van der Waals surface area contributed by atoms with Gasteiger partial charge in [-0.15, -0.1) is 0 Å². The quantitative estimate of drug-likeness (QED) is 0.278. The lowest BCUT2D eigenvalue weighted by Crippen LogP contribution is -2.39. The van der Waals surface area contributed by atoms with E-state index in [1.165, 1.54) is 6.21 Å². The second-order valence-corrected chi connectivity index (χ2v) is 7.72. The zero-order valence-corrected chi connectivity index (χ0v) is 19.4. The minimum Gasteiger partial charge on any atom is -0.490 e. The first-order valence-corrected chi connectivity index (χ1v) is 10.7. The molecule has 33 heavy (non-hydrogen) atoms. The second kappa shape index (κ2) is 13.1. The van der Waals surface area contributed by atoms with Crippen LogP contribution in [0.5, 0.6) is 11.5 Å². The number of halogens is 1. The van der Waals surface area contributed by atoms with Gasteiger partial charge in [-0.1, -0.05) is 25.4 Å². The Hall–Kier alpha value is -3.59. The highest BCUT2D eigenvalue weighted by molar-refractivity contribution is 6.35. The smallest absolute Gasteiger partial charge is 0.329 e. The van der Waals surface area contributed by atoms with Gasteiger partial charge in [0.25, 0.3) is 5.91 Å². The van der Waals surface area contributed by atoms with Crippen LogP contribution >= 0.6 is 11.6 Å². The Bertz CT molecular complexity index is 993. The highest BCUT2D eigenvalue weighted by Crippen LogP contribution is 2.28. The van der Waals surface area contributed by atoms with Gasteiger partial charge in [0.05, 0.1) is 12.8 Å². The van der Waals surface area contributed by atoms with E-state index < -0.39 is 11.8 Å². The largest absolute Gasteiger partial charge is 0.490 e. The standard InChI is InChI=1S/C23H27ClN4O5/c1-4-32-20-11-16(13-26-28-23(31)22(30)25-12-15(2)3)5-10-19(20)33-14-21(29)27-18-8-6-17(24)7-9-18/h5-11,13,15H,4,12,14H2,1-3H3,(H,25,30)(H,27,29)(H,28,31)/b26-13-. The van der Waals surface area contributed by atoms with Crippen LogP contribution in [0.4, 0.5) is 5.69 Å². The Balaban J connectivity index is 1.93. The fourth-order valence-electron chi connectivity index (χ4n) is 2.46. The van der Waals surface area contributed by atoms with E-state index in [1.54, 1.807) is 42.5 Å². The summed E-state index contributed by atoms with van der Waals surface area (Å²) < 4.78 is 11.2. The Morgan fingerprint density at radius 3 is 2.42 bits per heavy atom. The molecule has 0 bridgehead atoms. The van der Waals surface area contributed by atoms with Crippen LogP contribution in [0.3, 0.4) is 0 Å². The van der Waals surface area contributed by atoms with Crippen LogP contribution in [-0.2, 0) is 14.4 Å². The maximum Gasteiger partial charge on any atom is 0.329 e. The molecule has 176 valence electrons. The molecule has 0 aromatic heterocycles. The molecule has 0 radical (unpaired) electrons. The lowest BCUT2D eigenvalue weighted by atomic mass is 10.2. The van der Waals surface area contributed by atoms with E-state index in [0.717, 1.165) is 0 Å². The van der Waals surface area contributed by atoms with Crippen molar-refractivity contribution in [1.29, 1.82) is 0 Å². The Labute approximate surface area is 197 Å². The number of anilines is 1. The third-order valence-electron chi connectivity index (χ3n) is 4.01. The average Bonchev–Trinajstić information content (AvgIpc) is 2.78. The molecule has 10 heteroatoms. The number of amides is 3. The van der Waals surface area contributed by atoms with Crippen molar-refractivity contribution in [3.63, 3.8) is 0 Å². The molecule has 0 aliphatic carbocycles. The zero-order valence-electron chi connectivity index (χ0n) is 18.7. The van der Waals surface area contributed by atoms with Crippen LogP contribution in [-0.4, -0.2) is 43.7 Å². The van der Waals surface area contributed by atoms with Gasteiger partial charge in [-0.3, -0.25) is 14.4 Å². The Morgan fingerprint density at radius 1 is 1.03 bits per heavy atom. The van der Waals surface area contributed by atoms with Gasteiger partial charge in [-0.05, 0) is 60.9 Å². The van der Waals surface area contributed by atoms with Gasteiger partial charge >= 0.3 is 11.8 Å². The minimum absolute atomic E-state index is 0.225. The number of hydrazone groups is 1. The predicted molar refractivity (Wildman–Crippen MR) is 127 cm³/mol. The summed E-state index contributed by atoms with van der Waals surface area (Å²) in [6.07, 6.45) is 1.37. The fourth-order valence-corrected chi connectivity index (χ4v) is 2.59. The fraction of sp³-hybridized carbons (Fsp3) is 0.304. The van der Waals surface area contributed by atoms with Crippen molar-refractivity contribution < 1.29 is 23.9 Å². The van der Waals surface area contributed by atoms with Crippen molar-refractivity contribution in [2.45, 2.75) is 20.8 Å². The summed E-state index contributed by atoms with van der Waals surface area (Å²) >= 11 is 5.83. The van der Waals surface area contributed by atoms with Crippen LogP contribution < -0.4 is 25.5 Å². The van der Waals surface area contributed by atoms with E-state index in [4.69, 9.17) is 21.1 Å². The summed E-state index contributed by atoms with van der Waals surface area (Å²) in [5.41, 5.74) is 3.37. The molecule has 0 atom stereocenters. The van der Waals surface area contributed by atoms with E-state index in [-0.39, 0.29) is 18.4 Å². The summed E-state index contributed by atoms with van der Waals surface area (Å²) in [6.45, 7) is 6.20. The number of rotatable bonds is 10. The number of benzene rings is 2. The highest BCUT2D eigenvalue weighted by Gasteiger charge is 2.13. The van der Waals surface area contributed by atoms with Crippen LogP contribution in [0.1, 0.15) is 26.3 Å². The number of nitrogens with zero attached hydrogens (tertiary/aromatic N) is 1. The molecule has 0 aliphatic rings. The molecular formula is C23H27ClN4O5. The molecule has 3 amide bonds. The van der Waals surface area contributed by atoms with E-state index in [0.29, 0.717) is 40.9 Å². The summed E-state index contributed by atoms with van der Waals surface area (Å²) in [5, 5.41) is 9.58. The topological polar surface area (TPSA) is 118 Å². The van der Waals surface area contributed by atoms with E-state index in [1.807, 2.05) is 20.8 Å². The zero-order chi connectivity index (χ0) is 24.2.